The smallest absolute Gasteiger partial charge is 0.410 e. The molecule has 2 atom stereocenters. The van der Waals surface area contributed by atoms with Gasteiger partial charge in [0.05, 0.1) is 12.1 Å². The molecule has 7 heteroatoms. The number of nitrogens with two attached hydrogens (primary N) is 1. The van der Waals surface area contributed by atoms with Gasteiger partial charge in [-0.25, -0.2) is 4.79 Å². The molecule has 25 heavy (non-hydrogen) atoms. The van der Waals surface area contributed by atoms with E-state index in [9.17, 15) is 9.90 Å². The van der Waals surface area contributed by atoms with Crippen LogP contribution in [0.3, 0.4) is 0 Å². The Labute approximate surface area is 148 Å². The predicted octanol–water partition coefficient (Wildman–Crippen LogP) is 1.65. The van der Waals surface area contributed by atoms with E-state index in [2.05, 4.69) is 0 Å². The van der Waals surface area contributed by atoms with Crippen molar-refractivity contribution in [2.45, 2.75) is 51.5 Å². The van der Waals surface area contributed by atoms with Gasteiger partial charge in [0.2, 0.25) is 0 Å². The third-order valence-corrected chi connectivity index (χ3v) is 4.00. The number of nitrogens with zero attached hydrogens (tertiary/aromatic N) is 1. The van der Waals surface area contributed by atoms with E-state index in [1.807, 2.05) is 39.0 Å². The number of ether oxygens (including phenoxy) is 3. The summed E-state index contributed by atoms with van der Waals surface area (Å²) >= 11 is 0. The van der Waals surface area contributed by atoms with Crippen molar-refractivity contribution in [2.24, 2.45) is 5.73 Å². The molecule has 3 N–H and O–H groups in total. The van der Waals surface area contributed by atoms with E-state index in [1.165, 1.54) is 0 Å². The Morgan fingerprint density at radius 1 is 1.40 bits per heavy atom. The van der Waals surface area contributed by atoms with E-state index >= 15 is 0 Å². The Bertz CT molecular complexity index is 600. The maximum atomic E-state index is 12.6. The van der Waals surface area contributed by atoms with Crippen LogP contribution in [0.2, 0.25) is 0 Å². The van der Waals surface area contributed by atoms with Crippen molar-refractivity contribution in [3.8, 4) is 5.75 Å². The second kappa shape index (κ2) is 8.03. The Hall–Kier alpha value is -1.83. The number of hydrogen-bond donors (Lipinski definition) is 2. The van der Waals surface area contributed by atoms with E-state index in [4.69, 9.17) is 19.9 Å². The van der Waals surface area contributed by atoms with Crippen molar-refractivity contribution in [3.63, 3.8) is 0 Å². The van der Waals surface area contributed by atoms with E-state index in [1.54, 1.807) is 12.0 Å². The maximum absolute atomic E-state index is 12.6. The Kier molecular flexibility index (Phi) is 6.26. The van der Waals surface area contributed by atoms with Gasteiger partial charge in [0.1, 0.15) is 11.4 Å². The molecule has 0 saturated heterocycles. The molecular formula is C18H28N2O5. The number of carbonyl (C=O) groups is 1. The first kappa shape index (κ1) is 19.5. The third kappa shape index (κ3) is 5.07. The molecule has 0 spiro atoms. The molecular weight excluding hydrogens is 324 g/mol. The van der Waals surface area contributed by atoms with Gasteiger partial charge in [0.25, 0.3) is 0 Å². The van der Waals surface area contributed by atoms with Gasteiger partial charge < -0.3 is 25.1 Å². The number of benzene rings is 1. The normalized spacial score (nSPS) is 18.5. The SMILES string of the molecule is COCOc1ccc2c(c1)CN(C(=O)OC(C)(C)C)[C@H]([C@H](O)CN)C2. The molecule has 2 rings (SSSR count). The number of methoxy groups -OCH3 is 1. The Balaban J connectivity index is 2.26. The van der Waals surface area contributed by atoms with Gasteiger partial charge in [0, 0.05) is 20.2 Å². The van der Waals surface area contributed by atoms with Crippen molar-refractivity contribution in [2.75, 3.05) is 20.4 Å². The topological polar surface area (TPSA) is 94.2 Å². The maximum Gasteiger partial charge on any atom is 0.410 e. The van der Waals surface area contributed by atoms with Gasteiger partial charge in [-0.1, -0.05) is 6.07 Å². The highest BCUT2D eigenvalue weighted by molar-refractivity contribution is 5.69. The summed E-state index contributed by atoms with van der Waals surface area (Å²) < 4.78 is 15.9. The van der Waals surface area contributed by atoms with Crippen LogP contribution in [0.1, 0.15) is 31.9 Å². The van der Waals surface area contributed by atoms with Gasteiger partial charge in [-0.2, -0.15) is 0 Å². The zero-order valence-electron chi connectivity index (χ0n) is 15.3. The molecule has 1 aliphatic heterocycles. The molecule has 140 valence electrons. The molecule has 0 unspecified atom stereocenters. The Morgan fingerprint density at radius 3 is 2.72 bits per heavy atom. The van der Waals surface area contributed by atoms with Crippen LogP contribution in [0.4, 0.5) is 4.79 Å². The van der Waals surface area contributed by atoms with E-state index in [-0.39, 0.29) is 13.3 Å². The minimum Gasteiger partial charge on any atom is -0.468 e. The summed E-state index contributed by atoms with van der Waals surface area (Å²) in [6.07, 6.45) is -0.763. The molecule has 1 aromatic rings. The minimum atomic E-state index is -0.815. The zero-order chi connectivity index (χ0) is 18.6. The second-order valence-electron chi connectivity index (χ2n) is 7.16. The summed E-state index contributed by atoms with van der Waals surface area (Å²) in [7, 11) is 1.56. The second-order valence-corrected chi connectivity index (χ2v) is 7.16. The van der Waals surface area contributed by atoms with Crippen molar-refractivity contribution in [1.82, 2.24) is 4.90 Å². The summed E-state index contributed by atoms with van der Waals surface area (Å²) in [5.41, 5.74) is 7.03. The highest BCUT2D eigenvalue weighted by Gasteiger charge is 2.36. The van der Waals surface area contributed by atoms with Gasteiger partial charge >= 0.3 is 6.09 Å². The lowest BCUT2D eigenvalue weighted by atomic mass is 9.91. The summed E-state index contributed by atoms with van der Waals surface area (Å²) in [4.78, 5) is 14.2. The van der Waals surface area contributed by atoms with Crippen LogP contribution in [0.15, 0.2) is 18.2 Å². The number of hydrogen-bond acceptors (Lipinski definition) is 6. The summed E-state index contributed by atoms with van der Waals surface area (Å²) in [6, 6.07) is 5.27. The molecule has 0 saturated carbocycles. The standard InChI is InChI=1S/C18H28N2O5/c1-18(2,3)25-17(22)20-10-13-7-14(24-11-23-4)6-5-12(13)8-15(20)16(21)9-19/h5-7,15-16,21H,8-11,19H2,1-4H3/t15-,16+/m0/s1. The molecule has 1 aromatic carbocycles. The lowest BCUT2D eigenvalue weighted by molar-refractivity contribution is -0.0102. The van der Waals surface area contributed by atoms with Crippen molar-refractivity contribution < 1.29 is 24.1 Å². The van der Waals surface area contributed by atoms with Crippen molar-refractivity contribution in [3.05, 3.63) is 29.3 Å². The minimum absolute atomic E-state index is 0.0777. The molecule has 0 bridgehead atoms. The first-order chi connectivity index (χ1) is 11.7. The number of aliphatic hydroxyl groups is 1. The molecule has 0 aliphatic carbocycles. The number of carbonyl (C=O) groups excluding carboxylic acids is 1. The van der Waals surface area contributed by atoms with Crippen molar-refractivity contribution >= 4 is 6.09 Å². The average Bonchev–Trinajstić information content (AvgIpc) is 2.56. The summed E-state index contributed by atoms with van der Waals surface area (Å²) in [6.45, 7) is 6.00. The third-order valence-electron chi connectivity index (χ3n) is 4.00. The molecule has 7 nitrogen and oxygen atoms in total. The van der Waals surface area contributed by atoms with Crippen LogP contribution >= 0.6 is 0 Å². The fraction of sp³-hybridized carbons (Fsp3) is 0.611. The van der Waals surface area contributed by atoms with Crippen molar-refractivity contribution in [1.29, 1.82) is 0 Å². The highest BCUT2D eigenvalue weighted by atomic mass is 16.7. The molecule has 0 aromatic heterocycles. The van der Waals surface area contributed by atoms with Crippen LogP contribution in [-0.2, 0) is 22.4 Å². The molecule has 1 heterocycles. The van der Waals surface area contributed by atoms with Gasteiger partial charge in [-0.3, -0.25) is 4.90 Å². The molecule has 0 radical (unpaired) electrons. The van der Waals surface area contributed by atoms with Gasteiger partial charge in [-0.05, 0) is 50.5 Å². The summed E-state index contributed by atoms with van der Waals surface area (Å²) in [5.74, 6) is 0.669. The van der Waals surface area contributed by atoms with Gasteiger partial charge in [-0.15, -0.1) is 0 Å². The van der Waals surface area contributed by atoms with Crippen LogP contribution in [0.25, 0.3) is 0 Å². The number of rotatable bonds is 5. The van der Waals surface area contributed by atoms with E-state index in [0.717, 1.165) is 11.1 Å². The molecule has 1 amide bonds. The molecule has 0 fully saturated rings. The fourth-order valence-corrected chi connectivity index (χ4v) is 2.82. The van der Waals surface area contributed by atoms with Crippen LogP contribution in [-0.4, -0.2) is 54.3 Å². The quantitative estimate of drug-likeness (QED) is 0.783. The zero-order valence-corrected chi connectivity index (χ0v) is 15.3. The fourth-order valence-electron chi connectivity index (χ4n) is 2.82. The average molecular weight is 352 g/mol. The largest absolute Gasteiger partial charge is 0.468 e. The number of fused-ring (bicyclic) bond motifs is 1. The lowest BCUT2D eigenvalue weighted by Gasteiger charge is -2.39. The van der Waals surface area contributed by atoms with Crippen LogP contribution in [0.5, 0.6) is 5.75 Å². The highest BCUT2D eigenvalue weighted by Crippen LogP contribution is 2.29. The van der Waals surface area contributed by atoms with E-state index in [0.29, 0.717) is 18.7 Å². The monoisotopic (exact) mass is 352 g/mol. The number of amides is 1. The Morgan fingerprint density at radius 2 is 2.12 bits per heavy atom. The molecule has 1 aliphatic rings. The van der Waals surface area contributed by atoms with Crippen LogP contribution < -0.4 is 10.5 Å². The van der Waals surface area contributed by atoms with Crippen LogP contribution in [0, 0.1) is 0 Å². The van der Waals surface area contributed by atoms with Gasteiger partial charge in [0.15, 0.2) is 6.79 Å². The first-order valence-electron chi connectivity index (χ1n) is 8.36. The predicted molar refractivity (Wildman–Crippen MR) is 93.3 cm³/mol. The first-order valence-corrected chi connectivity index (χ1v) is 8.36. The number of aliphatic hydroxyl groups excluding tert-OH is 1. The lowest BCUT2D eigenvalue weighted by Crippen LogP contribution is -2.53. The summed E-state index contributed by atoms with van der Waals surface area (Å²) in [5, 5.41) is 10.3. The van der Waals surface area contributed by atoms with E-state index < -0.39 is 23.8 Å².